The number of piperidine rings is 2. The number of nitrogens with two attached hydrogens (primary N) is 1. The fraction of sp³-hybridized carbons (Fsp3) is 0.593. The lowest BCUT2D eigenvalue weighted by Crippen LogP contribution is -2.48. The van der Waals surface area contributed by atoms with Gasteiger partial charge in [0.05, 0.1) is 11.2 Å². The summed E-state index contributed by atoms with van der Waals surface area (Å²) >= 11 is 4.77. The van der Waals surface area contributed by atoms with Crippen LogP contribution in [0.3, 0.4) is 0 Å². The van der Waals surface area contributed by atoms with E-state index in [1.54, 1.807) is 0 Å². The zero-order chi connectivity index (χ0) is 23.7. The van der Waals surface area contributed by atoms with E-state index in [1.165, 1.54) is 37.1 Å². The molecule has 34 heavy (non-hydrogen) atoms. The summed E-state index contributed by atoms with van der Waals surface area (Å²) in [4.78, 5) is 17.9. The summed E-state index contributed by atoms with van der Waals surface area (Å²) in [6.07, 6.45) is 8.97. The lowest BCUT2D eigenvalue weighted by molar-refractivity contribution is 0.356. The van der Waals surface area contributed by atoms with Crippen molar-refractivity contribution in [3.8, 4) is 0 Å². The molecule has 4 heterocycles. The lowest BCUT2D eigenvalue weighted by atomic mass is 9.92. The maximum Gasteiger partial charge on any atom is 0.0692 e. The molecule has 2 unspecified atom stereocenters. The number of fused-ring (bicyclic) bond motifs is 4. The normalized spacial score (nSPS) is 31.5. The second kappa shape index (κ2) is 10.1. The number of aromatic nitrogens is 2. The molecule has 0 radical (unpaired) electrons. The molecule has 4 aliphatic rings. The lowest BCUT2D eigenvalue weighted by Gasteiger charge is -2.37. The van der Waals surface area contributed by atoms with Crippen LogP contribution in [0.4, 0.5) is 11.4 Å². The second-order valence-corrected chi connectivity index (χ2v) is 10.8. The Hall–Kier alpha value is -2.34. The van der Waals surface area contributed by atoms with Crippen molar-refractivity contribution in [2.75, 3.05) is 36.0 Å². The number of pyridine rings is 2. The van der Waals surface area contributed by atoms with Crippen LogP contribution in [-0.2, 0) is 0 Å². The Morgan fingerprint density at radius 1 is 0.824 bits per heavy atom. The van der Waals surface area contributed by atoms with Crippen LogP contribution in [0.25, 0.3) is 0 Å². The van der Waals surface area contributed by atoms with Crippen LogP contribution in [0.15, 0.2) is 41.7 Å². The van der Waals surface area contributed by atoms with Crippen molar-refractivity contribution in [1.82, 2.24) is 9.97 Å². The van der Waals surface area contributed by atoms with E-state index in [2.05, 4.69) is 54.2 Å². The first-order chi connectivity index (χ1) is 16.5. The number of rotatable bonds is 3. The Balaban J connectivity index is 0.000000142. The molecule has 0 amide bonds. The molecule has 2 aromatic rings. The van der Waals surface area contributed by atoms with Crippen molar-refractivity contribution in [3.63, 3.8) is 0 Å². The molecule has 0 spiro atoms. The van der Waals surface area contributed by atoms with Gasteiger partial charge in [0, 0.05) is 67.4 Å². The number of aryl methyl sites for hydroxylation is 2. The van der Waals surface area contributed by atoms with Crippen molar-refractivity contribution in [3.05, 3.63) is 48.0 Å². The van der Waals surface area contributed by atoms with Gasteiger partial charge in [-0.25, -0.2) is 4.99 Å². The molecule has 2 aliphatic heterocycles. The van der Waals surface area contributed by atoms with Crippen molar-refractivity contribution in [2.45, 2.75) is 51.6 Å². The molecule has 180 valence electrons. The van der Waals surface area contributed by atoms with Gasteiger partial charge in [-0.05, 0) is 99.7 Å². The molecule has 2 N–H and O–H groups in total. The van der Waals surface area contributed by atoms with E-state index in [1.807, 2.05) is 26.2 Å². The number of isothiocyanates is 1. The Bertz CT molecular complexity index is 1020. The third-order valence-corrected chi connectivity index (χ3v) is 8.49. The molecule has 6 nitrogen and oxygen atoms in total. The van der Waals surface area contributed by atoms with Crippen LogP contribution < -0.4 is 15.5 Å². The van der Waals surface area contributed by atoms with Gasteiger partial charge in [0.25, 0.3) is 0 Å². The maximum atomic E-state index is 6.22. The Morgan fingerprint density at radius 3 is 1.71 bits per heavy atom. The largest absolute Gasteiger partial charge is 0.371 e. The SMILES string of the molecule is Cc1cc(N2C[C@H]3CC[C@@H](C2)C3N)ccn1.Cc1cc(N2C[C@H]3CC[C@@H](C2)C3N=C=S)ccn1. The fourth-order valence-corrected chi connectivity index (χ4v) is 6.73. The minimum atomic E-state index is 0.418. The number of hydrogen-bond donors (Lipinski definition) is 1. The van der Waals surface area contributed by atoms with Gasteiger partial charge in [-0.1, -0.05) is 0 Å². The molecule has 6 rings (SSSR count). The van der Waals surface area contributed by atoms with Crippen molar-refractivity contribution >= 4 is 28.8 Å². The van der Waals surface area contributed by atoms with E-state index in [4.69, 9.17) is 18.0 Å². The van der Waals surface area contributed by atoms with Gasteiger partial charge in [-0.3, -0.25) is 9.97 Å². The molecule has 6 atom stereocenters. The highest BCUT2D eigenvalue weighted by Crippen LogP contribution is 2.40. The fourth-order valence-electron chi connectivity index (χ4n) is 6.61. The summed E-state index contributed by atoms with van der Waals surface area (Å²) in [5.41, 5.74) is 11.0. The van der Waals surface area contributed by atoms with Gasteiger partial charge < -0.3 is 15.5 Å². The summed E-state index contributed by atoms with van der Waals surface area (Å²) < 4.78 is 0. The smallest absolute Gasteiger partial charge is 0.0692 e. The van der Waals surface area contributed by atoms with Crippen molar-refractivity contribution < 1.29 is 0 Å². The first kappa shape index (κ1) is 23.4. The zero-order valence-electron chi connectivity index (χ0n) is 20.3. The topological polar surface area (TPSA) is 70.6 Å². The molecular formula is C27H36N6S. The van der Waals surface area contributed by atoms with Crippen LogP contribution in [0.1, 0.15) is 37.1 Å². The second-order valence-electron chi connectivity index (χ2n) is 10.6. The molecule has 4 fully saturated rings. The van der Waals surface area contributed by atoms with E-state index in [9.17, 15) is 0 Å². The number of nitrogens with zero attached hydrogens (tertiary/aromatic N) is 5. The van der Waals surface area contributed by atoms with Crippen LogP contribution in [-0.4, -0.2) is 53.4 Å². The zero-order valence-corrected chi connectivity index (χ0v) is 21.1. The third-order valence-electron chi connectivity index (χ3n) is 8.38. The monoisotopic (exact) mass is 476 g/mol. The highest BCUT2D eigenvalue weighted by Gasteiger charge is 2.42. The predicted octanol–water partition coefficient (Wildman–Crippen LogP) is 4.27. The Kier molecular flexibility index (Phi) is 6.96. The summed E-state index contributed by atoms with van der Waals surface area (Å²) in [6.45, 7) is 8.52. The summed E-state index contributed by atoms with van der Waals surface area (Å²) in [5, 5.41) is 2.58. The van der Waals surface area contributed by atoms with Crippen LogP contribution >= 0.6 is 12.2 Å². The quantitative estimate of drug-likeness (QED) is 0.527. The number of hydrogen-bond acceptors (Lipinski definition) is 7. The van der Waals surface area contributed by atoms with E-state index in [0.717, 1.165) is 37.6 Å². The average molecular weight is 477 g/mol. The van der Waals surface area contributed by atoms with E-state index in [0.29, 0.717) is 35.8 Å². The van der Waals surface area contributed by atoms with Gasteiger partial charge in [-0.15, -0.1) is 0 Å². The minimum absolute atomic E-state index is 0.418. The number of thiocarbonyl (C=S) groups is 1. The molecule has 7 heteroatoms. The number of aliphatic imine (C=N–C) groups is 1. The Labute approximate surface area is 208 Å². The first-order valence-corrected chi connectivity index (χ1v) is 13.1. The maximum absolute atomic E-state index is 6.22. The summed E-state index contributed by atoms with van der Waals surface area (Å²) in [5.74, 6) is 2.69. The van der Waals surface area contributed by atoms with E-state index < -0.39 is 0 Å². The van der Waals surface area contributed by atoms with Crippen LogP contribution in [0.2, 0.25) is 0 Å². The van der Waals surface area contributed by atoms with Gasteiger partial charge in [0.2, 0.25) is 0 Å². The van der Waals surface area contributed by atoms with Gasteiger partial charge in [0.15, 0.2) is 0 Å². The standard InChI is InChI=1S/C14H17N3S.C13H19N3/c1-10-6-13(4-5-15-10)17-7-11-2-3-12(8-17)14(11)16-9-18;1-9-6-12(4-5-15-9)16-7-10-2-3-11(8-16)13(10)14/h4-6,11-12,14H,2-3,7-8H2,1H3;4-6,10-11,13H,2-3,7-8,14H2,1H3/t11-,12+,14?;10-,11+,13?. The molecule has 0 aromatic carbocycles. The molecular weight excluding hydrogens is 440 g/mol. The van der Waals surface area contributed by atoms with Gasteiger partial charge in [0.1, 0.15) is 0 Å². The van der Waals surface area contributed by atoms with Crippen molar-refractivity contribution in [1.29, 1.82) is 0 Å². The summed E-state index contributed by atoms with van der Waals surface area (Å²) in [6, 6.07) is 9.43. The van der Waals surface area contributed by atoms with Crippen molar-refractivity contribution in [2.24, 2.45) is 34.4 Å². The predicted molar refractivity (Wildman–Crippen MR) is 142 cm³/mol. The minimum Gasteiger partial charge on any atom is -0.371 e. The van der Waals surface area contributed by atoms with Crippen LogP contribution in [0.5, 0.6) is 0 Å². The molecule has 2 saturated heterocycles. The van der Waals surface area contributed by atoms with Crippen LogP contribution in [0, 0.1) is 37.5 Å². The molecule has 2 aromatic heterocycles. The average Bonchev–Trinajstić information content (AvgIpc) is 3.17. The highest BCUT2D eigenvalue weighted by molar-refractivity contribution is 7.78. The number of anilines is 2. The highest BCUT2D eigenvalue weighted by atomic mass is 32.1. The first-order valence-electron chi connectivity index (χ1n) is 12.7. The molecule has 2 saturated carbocycles. The van der Waals surface area contributed by atoms with Gasteiger partial charge in [-0.2, -0.15) is 0 Å². The Morgan fingerprint density at radius 2 is 1.26 bits per heavy atom. The molecule has 4 bridgehead atoms. The molecule has 2 aliphatic carbocycles. The van der Waals surface area contributed by atoms with Gasteiger partial charge >= 0.3 is 0 Å². The van der Waals surface area contributed by atoms with E-state index >= 15 is 0 Å². The van der Waals surface area contributed by atoms with E-state index in [-0.39, 0.29) is 0 Å². The summed E-state index contributed by atoms with van der Waals surface area (Å²) in [7, 11) is 0. The third kappa shape index (κ3) is 4.88.